The standard InChI is InChI=1S/C11H9ClO2/c1-3-9-5-4-6-11(12)10(9)7-14-8(2)13/h1,4-6H,7H2,2H3. The molecule has 0 aromatic heterocycles. The van der Waals surface area contributed by atoms with Crippen molar-refractivity contribution in [2.45, 2.75) is 13.5 Å². The summed E-state index contributed by atoms with van der Waals surface area (Å²) in [7, 11) is 0. The first kappa shape index (κ1) is 10.6. The zero-order chi connectivity index (χ0) is 10.6. The van der Waals surface area contributed by atoms with Crippen molar-refractivity contribution in [1.82, 2.24) is 0 Å². The van der Waals surface area contributed by atoms with Gasteiger partial charge in [0.05, 0.1) is 0 Å². The fraction of sp³-hybridized carbons (Fsp3) is 0.182. The van der Waals surface area contributed by atoms with Gasteiger partial charge < -0.3 is 4.74 Å². The number of rotatable bonds is 2. The van der Waals surface area contributed by atoms with E-state index in [9.17, 15) is 4.79 Å². The SMILES string of the molecule is C#Cc1cccc(Cl)c1COC(C)=O. The van der Waals surface area contributed by atoms with E-state index in [4.69, 9.17) is 22.8 Å². The zero-order valence-electron chi connectivity index (χ0n) is 7.71. The van der Waals surface area contributed by atoms with Crippen molar-refractivity contribution < 1.29 is 9.53 Å². The first-order valence-electron chi connectivity index (χ1n) is 4.02. The Labute approximate surface area is 87.8 Å². The Morgan fingerprint density at radius 1 is 1.64 bits per heavy atom. The molecule has 0 aliphatic rings. The molecule has 0 saturated carbocycles. The third kappa shape index (κ3) is 2.51. The lowest BCUT2D eigenvalue weighted by molar-refractivity contribution is -0.142. The van der Waals surface area contributed by atoms with Crippen LogP contribution in [0.3, 0.4) is 0 Å². The molecule has 72 valence electrons. The zero-order valence-corrected chi connectivity index (χ0v) is 8.47. The van der Waals surface area contributed by atoms with Crippen molar-refractivity contribution in [2.75, 3.05) is 0 Å². The molecule has 0 amide bonds. The fourth-order valence-electron chi connectivity index (χ4n) is 1.01. The second-order valence-corrected chi connectivity index (χ2v) is 3.10. The molecule has 0 unspecified atom stereocenters. The predicted octanol–water partition coefficient (Wildman–Crippen LogP) is 2.38. The van der Waals surface area contributed by atoms with Crippen LogP contribution in [0.2, 0.25) is 5.02 Å². The number of terminal acetylenes is 1. The number of benzene rings is 1. The summed E-state index contributed by atoms with van der Waals surface area (Å²) in [6, 6.07) is 5.22. The first-order valence-corrected chi connectivity index (χ1v) is 4.40. The molecule has 0 saturated heterocycles. The summed E-state index contributed by atoms with van der Waals surface area (Å²) >= 11 is 5.90. The highest BCUT2D eigenvalue weighted by Crippen LogP contribution is 2.20. The Balaban J connectivity index is 2.94. The minimum atomic E-state index is -0.354. The van der Waals surface area contributed by atoms with Gasteiger partial charge in [-0.25, -0.2) is 0 Å². The van der Waals surface area contributed by atoms with E-state index in [1.165, 1.54) is 6.92 Å². The summed E-state index contributed by atoms with van der Waals surface area (Å²) < 4.78 is 4.83. The van der Waals surface area contributed by atoms with E-state index in [1.54, 1.807) is 18.2 Å². The van der Waals surface area contributed by atoms with Crippen molar-refractivity contribution in [3.05, 3.63) is 34.3 Å². The summed E-state index contributed by atoms with van der Waals surface area (Å²) in [5, 5.41) is 0.515. The molecular weight excluding hydrogens is 200 g/mol. The molecule has 0 spiro atoms. The van der Waals surface area contributed by atoms with E-state index in [0.29, 0.717) is 16.1 Å². The maximum absolute atomic E-state index is 10.6. The quantitative estimate of drug-likeness (QED) is 0.551. The fourth-order valence-corrected chi connectivity index (χ4v) is 1.24. The minimum absolute atomic E-state index is 0.120. The predicted molar refractivity (Wildman–Crippen MR) is 54.9 cm³/mol. The van der Waals surface area contributed by atoms with E-state index < -0.39 is 0 Å². The molecule has 0 heterocycles. The normalized spacial score (nSPS) is 9.21. The van der Waals surface area contributed by atoms with Gasteiger partial charge in [-0.3, -0.25) is 4.79 Å². The van der Waals surface area contributed by atoms with Crippen LogP contribution < -0.4 is 0 Å². The van der Waals surface area contributed by atoms with Crippen LogP contribution in [0.15, 0.2) is 18.2 Å². The van der Waals surface area contributed by atoms with Gasteiger partial charge in [-0.1, -0.05) is 23.6 Å². The molecule has 0 atom stereocenters. The molecule has 0 bridgehead atoms. The number of carbonyl (C=O) groups is 1. The van der Waals surface area contributed by atoms with Gasteiger partial charge >= 0.3 is 5.97 Å². The number of hydrogen-bond donors (Lipinski definition) is 0. The Morgan fingerprint density at radius 3 is 2.93 bits per heavy atom. The Bertz CT molecular complexity index is 391. The minimum Gasteiger partial charge on any atom is -0.461 e. The van der Waals surface area contributed by atoms with Gasteiger partial charge in [0, 0.05) is 23.1 Å². The van der Waals surface area contributed by atoms with Gasteiger partial charge in [0.15, 0.2) is 0 Å². The Kier molecular flexibility index (Phi) is 3.55. The van der Waals surface area contributed by atoms with E-state index in [0.717, 1.165) is 0 Å². The van der Waals surface area contributed by atoms with Gasteiger partial charge in [-0.05, 0) is 12.1 Å². The van der Waals surface area contributed by atoms with Crippen molar-refractivity contribution in [3.8, 4) is 12.3 Å². The van der Waals surface area contributed by atoms with Gasteiger partial charge in [0.2, 0.25) is 0 Å². The van der Waals surface area contributed by atoms with E-state index in [-0.39, 0.29) is 12.6 Å². The van der Waals surface area contributed by atoms with Crippen LogP contribution in [0.4, 0.5) is 0 Å². The molecule has 0 aliphatic carbocycles. The molecule has 0 radical (unpaired) electrons. The van der Waals surface area contributed by atoms with Gasteiger partial charge in [-0.15, -0.1) is 6.42 Å². The molecule has 0 N–H and O–H groups in total. The van der Waals surface area contributed by atoms with Crippen LogP contribution in [0, 0.1) is 12.3 Å². The number of esters is 1. The van der Waals surface area contributed by atoms with Gasteiger partial charge in [0.25, 0.3) is 0 Å². The third-order valence-corrected chi connectivity index (χ3v) is 2.05. The molecule has 1 rings (SSSR count). The highest BCUT2D eigenvalue weighted by atomic mass is 35.5. The third-order valence-electron chi connectivity index (χ3n) is 1.69. The smallest absolute Gasteiger partial charge is 0.302 e. The summed E-state index contributed by atoms with van der Waals surface area (Å²) in [6.45, 7) is 1.46. The molecule has 3 heteroatoms. The van der Waals surface area contributed by atoms with Gasteiger partial charge in [0.1, 0.15) is 6.61 Å². The van der Waals surface area contributed by atoms with Crippen LogP contribution >= 0.6 is 11.6 Å². The molecule has 1 aromatic rings. The number of carbonyl (C=O) groups excluding carboxylic acids is 1. The number of halogens is 1. The summed E-state index contributed by atoms with van der Waals surface area (Å²) in [6.07, 6.45) is 5.28. The van der Waals surface area contributed by atoms with E-state index >= 15 is 0 Å². The van der Waals surface area contributed by atoms with Crippen LogP contribution in [0.5, 0.6) is 0 Å². The average Bonchev–Trinajstić information content (AvgIpc) is 2.15. The van der Waals surface area contributed by atoms with E-state index in [2.05, 4.69) is 5.92 Å². The van der Waals surface area contributed by atoms with Gasteiger partial charge in [-0.2, -0.15) is 0 Å². The molecule has 1 aromatic carbocycles. The second kappa shape index (κ2) is 4.69. The molecular formula is C11H9ClO2. The molecule has 0 aliphatic heterocycles. The summed E-state index contributed by atoms with van der Waals surface area (Å²) in [5.41, 5.74) is 1.32. The molecule has 0 fully saturated rings. The number of hydrogen-bond acceptors (Lipinski definition) is 2. The lowest BCUT2D eigenvalue weighted by Crippen LogP contribution is -2.01. The lowest BCUT2D eigenvalue weighted by Gasteiger charge is -2.06. The number of ether oxygens (including phenoxy) is 1. The average molecular weight is 209 g/mol. The van der Waals surface area contributed by atoms with Crippen LogP contribution in [0.25, 0.3) is 0 Å². The Morgan fingerprint density at radius 2 is 2.36 bits per heavy atom. The monoisotopic (exact) mass is 208 g/mol. The topological polar surface area (TPSA) is 26.3 Å². The molecule has 14 heavy (non-hydrogen) atoms. The largest absolute Gasteiger partial charge is 0.461 e. The van der Waals surface area contributed by atoms with Crippen molar-refractivity contribution in [3.63, 3.8) is 0 Å². The van der Waals surface area contributed by atoms with Crippen LogP contribution in [-0.4, -0.2) is 5.97 Å². The van der Waals surface area contributed by atoms with Crippen LogP contribution in [-0.2, 0) is 16.1 Å². The summed E-state index contributed by atoms with van der Waals surface area (Å²) in [5.74, 6) is 2.13. The van der Waals surface area contributed by atoms with Crippen molar-refractivity contribution in [2.24, 2.45) is 0 Å². The maximum Gasteiger partial charge on any atom is 0.302 e. The van der Waals surface area contributed by atoms with Crippen molar-refractivity contribution >= 4 is 17.6 Å². The molecule has 2 nitrogen and oxygen atoms in total. The Hall–Kier alpha value is -1.46. The van der Waals surface area contributed by atoms with E-state index in [1.807, 2.05) is 0 Å². The summed E-state index contributed by atoms with van der Waals surface area (Å²) in [4.78, 5) is 10.6. The maximum atomic E-state index is 10.6. The highest BCUT2D eigenvalue weighted by molar-refractivity contribution is 6.31. The van der Waals surface area contributed by atoms with Crippen molar-refractivity contribution in [1.29, 1.82) is 0 Å². The first-order chi connectivity index (χ1) is 6.65. The van der Waals surface area contributed by atoms with Crippen LogP contribution in [0.1, 0.15) is 18.1 Å². The highest BCUT2D eigenvalue weighted by Gasteiger charge is 2.06. The lowest BCUT2D eigenvalue weighted by atomic mass is 10.1. The second-order valence-electron chi connectivity index (χ2n) is 2.69.